The van der Waals surface area contributed by atoms with Crippen LogP contribution in [0.5, 0.6) is 0 Å². The molecule has 1 N–H and O–H groups in total. The van der Waals surface area contributed by atoms with Crippen molar-refractivity contribution in [2.75, 3.05) is 5.32 Å². The maximum absolute atomic E-state index is 13.6. The molecule has 2 rings (SSSR count). The van der Waals surface area contributed by atoms with Crippen molar-refractivity contribution in [3.63, 3.8) is 0 Å². The van der Waals surface area contributed by atoms with E-state index in [1.807, 2.05) is 0 Å². The molecular formula is C17H19ClFN. The van der Waals surface area contributed by atoms with Crippen molar-refractivity contribution in [3.8, 4) is 0 Å². The van der Waals surface area contributed by atoms with Crippen LogP contribution in [0.2, 0.25) is 5.02 Å². The first kappa shape index (κ1) is 14.9. The topological polar surface area (TPSA) is 12.0 Å². The van der Waals surface area contributed by atoms with Gasteiger partial charge in [-0.3, -0.25) is 0 Å². The summed E-state index contributed by atoms with van der Waals surface area (Å²) in [5.74, 6) is -0.330. The molecule has 0 saturated heterocycles. The molecule has 0 aromatic heterocycles. The molecule has 0 fully saturated rings. The first-order chi connectivity index (χ1) is 9.38. The monoisotopic (exact) mass is 291 g/mol. The molecule has 0 spiro atoms. The summed E-state index contributed by atoms with van der Waals surface area (Å²) >= 11 is 5.98. The number of para-hydroxylation sites is 1. The summed E-state index contributed by atoms with van der Waals surface area (Å²) in [6.45, 7) is 7.09. The lowest BCUT2D eigenvalue weighted by atomic mass is 9.87. The lowest BCUT2D eigenvalue weighted by Gasteiger charge is -2.19. The second-order valence-corrected chi connectivity index (χ2v) is 6.30. The maximum atomic E-state index is 13.6. The van der Waals surface area contributed by atoms with Gasteiger partial charge in [0, 0.05) is 6.54 Å². The summed E-state index contributed by atoms with van der Waals surface area (Å²) in [4.78, 5) is 0. The van der Waals surface area contributed by atoms with E-state index in [0.29, 0.717) is 17.3 Å². The van der Waals surface area contributed by atoms with Crippen LogP contribution < -0.4 is 5.32 Å². The minimum Gasteiger partial charge on any atom is -0.377 e. The van der Waals surface area contributed by atoms with Crippen LogP contribution in [0, 0.1) is 5.82 Å². The Kier molecular flexibility index (Phi) is 4.34. The number of hydrogen-bond acceptors (Lipinski definition) is 1. The van der Waals surface area contributed by atoms with E-state index >= 15 is 0 Å². The van der Waals surface area contributed by atoms with E-state index in [2.05, 4.69) is 50.4 Å². The molecule has 20 heavy (non-hydrogen) atoms. The van der Waals surface area contributed by atoms with Gasteiger partial charge >= 0.3 is 0 Å². The molecule has 0 aliphatic rings. The van der Waals surface area contributed by atoms with Gasteiger partial charge in [0.1, 0.15) is 5.82 Å². The minimum atomic E-state index is -0.330. The van der Waals surface area contributed by atoms with Crippen LogP contribution in [-0.2, 0) is 12.0 Å². The summed E-state index contributed by atoms with van der Waals surface area (Å²) in [5.41, 5.74) is 2.87. The van der Waals surface area contributed by atoms with Crippen molar-refractivity contribution >= 4 is 17.3 Å². The average Bonchev–Trinajstić information content (AvgIpc) is 2.37. The SMILES string of the molecule is CC(C)(C)c1ccc(CNc2c(F)cccc2Cl)cc1. The normalized spacial score (nSPS) is 11.4. The number of halogens is 2. The average molecular weight is 292 g/mol. The van der Waals surface area contributed by atoms with E-state index in [4.69, 9.17) is 11.6 Å². The van der Waals surface area contributed by atoms with Crippen molar-refractivity contribution < 1.29 is 4.39 Å². The van der Waals surface area contributed by atoms with Crippen LogP contribution in [0.1, 0.15) is 31.9 Å². The van der Waals surface area contributed by atoms with Crippen LogP contribution in [0.4, 0.5) is 10.1 Å². The molecule has 0 amide bonds. The summed E-state index contributed by atoms with van der Waals surface area (Å²) in [5, 5.41) is 3.45. The number of hydrogen-bond donors (Lipinski definition) is 1. The van der Waals surface area contributed by atoms with Gasteiger partial charge < -0.3 is 5.32 Å². The molecule has 3 heteroatoms. The van der Waals surface area contributed by atoms with E-state index in [1.54, 1.807) is 12.1 Å². The zero-order valence-corrected chi connectivity index (χ0v) is 12.8. The molecule has 0 bridgehead atoms. The van der Waals surface area contributed by atoms with E-state index < -0.39 is 0 Å². The largest absolute Gasteiger partial charge is 0.377 e. The Bertz CT molecular complexity index is 565. The second kappa shape index (κ2) is 5.84. The summed E-state index contributed by atoms with van der Waals surface area (Å²) in [6.07, 6.45) is 0. The Balaban J connectivity index is 2.08. The lowest BCUT2D eigenvalue weighted by Crippen LogP contribution is -2.11. The Morgan fingerprint density at radius 3 is 2.25 bits per heavy atom. The van der Waals surface area contributed by atoms with Crippen LogP contribution >= 0.6 is 11.6 Å². The highest BCUT2D eigenvalue weighted by Crippen LogP contribution is 2.26. The highest BCUT2D eigenvalue weighted by atomic mass is 35.5. The zero-order valence-electron chi connectivity index (χ0n) is 12.0. The fraction of sp³-hybridized carbons (Fsp3) is 0.294. The molecular weight excluding hydrogens is 273 g/mol. The van der Waals surface area contributed by atoms with Crippen LogP contribution in [-0.4, -0.2) is 0 Å². The maximum Gasteiger partial charge on any atom is 0.147 e. The van der Waals surface area contributed by atoms with Gasteiger partial charge in [0.15, 0.2) is 0 Å². The van der Waals surface area contributed by atoms with Crippen molar-refractivity contribution in [1.29, 1.82) is 0 Å². The Morgan fingerprint density at radius 1 is 1.05 bits per heavy atom. The third-order valence-corrected chi connectivity index (χ3v) is 3.57. The lowest BCUT2D eigenvalue weighted by molar-refractivity contribution is 0.590. The number of rotatable bonds is 3. The molecule has 0 unspecified atom stereocenters. The molecule has 2 aromatic carbocycles. The zero-order chi connectivity index (χ0) is 14.8. The van der Waals surface area contributed by atoms with E-state index in [1.165, 1.54) is 11.6 Å². The van der Waals surface area contributed by atoms with E-state index in [0.717, 1.165) is 5.56 Å². The third kappa shape index (κ3) is 3.51. The molecule has 0 aliphatic carbocycles. The molecule has 0 aliphatic heterocycles. The highest BCUT2D eigenvalue weighted by molar-refractivity contribution is 6.33. The molecule has 106 valence electrons. The van der Waals surface area contributed by atoms with Crippen LogP contribution in [0.25, 0.3) is 0 Å². The second-order valence-electron chi connectivity index (χ2n) is 5.90. The third-order valence-electron chi connectivity index (χ3n) is 3.25. The number of nitrogens with one attached hydrogen (secondary N) is 1. The Morgan fingerprint density at radius 2 is 1.70 bits per heavy atom. The van der Waals surface area contributed by atoms with Gasteiger partial charge in [0.2, 0.25) is 0 Å². The van der Waals surface area contributed by atoms with Crippen molar-refractivity contribution in [2.45, 2.75) is 32.7 Å². The molecule has 0 saturated carbocycles. The van der Waals surface area contributed by atoms with Gasteiger partial charge in [0.05, 0.1) is 10.7 Å². The van der Waals surface area contributed by atoms with Gasteiger partial charge in [-0.25, -0.2) is 4.39 Å². The van der Waals surface area contributed by atoms with Gasteiger partial charge in [-0.1, -0.05) is 62.7 Å². The summed E-state index contributed by atoms with van der Waals surface area (Å²) < 4.78 is 13.6. The molecule has 1 nitrogen and oxygen atoms in total. The van der Waals surface area contributed by atoms with Crippen molar-refractivity contribution in [1.82, 2.24) is 0 Å². The molecule has 0 radical (unpaired) electrons. The highest BCUT2D eigenvalue weighted by Gasteiger charge is 2.13. The summed E-state index contributed by atoms with van der Waals surface area (Å²) in [7, 11) is 0. The van der Waals surface area contributed by atoms with Crippen LogP contribution in [0.15, 0.2) is 42.5 Å². The fourth-order valence-corrected chi connectivity index (χ4v) is 2.21. The predicted octanol–water partition coefficient (Wildman–Crippen LogP) is 5.39. The Hall–Kier alpha value is -1.54. The quantitative estimate of drug-likeness (QED) is 0.799. The van der Waals surface area contributed by atoms with Gasteiger partial charge in [-0.05, 0) is 28.7 Å². The standard InChI is InChI=1S/C17H19ClFN/c1-17(2,3)13-9-7-12(8-10-13)11-20-16-14(18)5-4-6-15(16)19/h4-10,20H,11H2,1-3H3. The predicted molar refractivity (Wildman–Crippen MR) is 83.9 cm³/mol. The number of anilines is 1. The van der Waals surface area contributed by atoms with E-state index in [9.17, 15) is 4.39 Å². The van der Waals surface area contributed by atoms with Crippen molar-refractivity contribution in [3.05, 3.63) is 64.4 Å². The smallest absolute Gasteiger partial charge is 0.147 e. The Labute approximate surface area is 124 Å². The van der Waals surface area contributed by atoms with E-state index in [-0.39, 0.29) is 11.2 Å². The first-order valence-electron chi connectivity index (χ1n) is 6.65. The number of benzene rings is 2. The molecule has 0 heterocycles. The minimum absolute atomic E-state index is 0.140. The van der Waals surface area contributed by atoms with Gasteiger partial charge in [0.25, 0.3) is 0 Å². The van der Waals surface area contributed by atoms with Gasteiger partial charge in [-0.2, -0.15) is 0 Å². The van der Waals surface area contributed by atoms with Gasteiger partial charge in [-0.15, -0.1) is 0 Å². The first-order valence-corrected chi connectivity index (χ1v) is 7.03. The van der Waals surface area contributed by atoms with Crippen molar-refractivity contribution in [2.24, 2.45) is 0 Å². The molecule has 0 atom stereocenters. The van der Waals surface area contributed by atoms with Crippen LogP contribution in [0.3, 0.4) is 0 Å². The fourth-order valence-electron chi connectivity index (χ4n) is 1.98. The molecule has 2 aromatic rings. The summed E-state index contributed by atoms with van der Waals surface area (Å²) in [6, 6.07) is 13.0.